The molecule has 0 radical (unpaired) electrons. The molecule has 3 aliphatic heterocycles. The molecule has 0 aliphatic carbocycles. The summed E-state index contributed by atoms with van der Waals surface area (Å²) in [7, 11) is 0. The van der Waals surface area contributed by atoms with Gasteiger partial charge in [0.2, 0.25) is 11.8 Å². The molecule has 1 N–H and O–H groups in total. The van der Waals surface area contributed by atoms with Crippen molar-refractivity contribution in [1.82, 2.24) is 9.80 Å². The zero-order valence-corrected chi connectivity index (χ0v) is 27.1. The van der Waals surface area contributed by atoms with Crippen LogP contribution in [0.4, 0.5) is 5.69 Å². The van der Waals surface area contributed by atoms with Crippen LogP contribution in [0.15, 0.2) is 73.8 Å². The van der Waals surface area contributed by atoms with Crippen LogP contribution in [0.5, 0.6) is 0 Å². The number of aliphatic hydroxyl groups excluding tert-OH is 1. The predicted molar refractivity (Wildman–Crippen MR) is 177 cm³/mol. The maximum Gasteiger partial charge on any atom is 0.251 e. The fraction of sp³-hybridized carbons (Fsp3) is 0.472. The smallest absolute Gasteiger partial charge is 0.251 e. The molecule has 7 nitrogen and oxygen atoms in total. The largest absolute Gasteiger partial charge is 0.394 e. The Labute approximate surface area is 266 Å². The van der Waals surface area contributed by atoms with Gasteiger partial charge in [-0.2, -0.15) is 0 Å². The second-order valence-electron chi connectivity index (χ2n) is 12.6. The van der Waals surface area contributed by atoms with Crippen LogP contribution in [0.1, 0.15) is 43.4 Å². The van der Waals surface area contributed by atoms with Crippen molar-refractivity contribution in [3.8, 4) is 0 Å². The summed E-state index contributed by atoms with van der Waals surface area (Å²) in [5.41, 5.74) is 3.78. The van der Waals surface area contributed by atoms with Crippen molar-refractivity contribution in [3.05, 3.63) is 90.5 Å². The molecule has 3 saturated heterocycles. The Hall–Kier alpha value is -3.36. The Morgan fingerprint density at radius 2 is 1.82 bits per heavy atom. The van der Waals surface area contributed by atoms with Crippen molar-refractivity contribution < 1.29 is 19.5 Å². The minimum absolute atomic E-state index is 0.0248. The van der Waals surface area contributed by atoms with Gasteiger partial charge >= 0.3 is 0 Å². The van der Waals surface area contributed by atoms with Gasteiger partial charge in [0.1, 0.15) is 6.04 Å². The second kappa shape index (κ2) is 12.9. The number of benzene rings is 2. The van der Waals surface area contributed by atoms with Crippen LogP contribution < -0.4 is 4.90 Å². The number of thioether (sulfide) groups is 1. The third-order valence-corrected chi connectivity index (χ3v) is 12.0. The van der Waals surface area contributed by atoms with E-state index < -0.39 is 28.7 Å². The number of carbonyl (C=O) groups is 3. The average Bonchev–Trinajstić information content (AvgIpc) is 3.61. The molecule has 1 spiro atoms. The molecule has 2 aromatic carbocycles. The normalized spacial score (nSPS) is 27.6. The zero-order chi connectivity index (χ0) is 31.8. The van der Waals surface area contributed by atoms with Crippen LogP contribution in [0, 0.1) is 31.6 Å². The Morgan fingerprint density at radius 1 is 1.11 bits per heavy atom. The average molecular weight is 616 g/mol. The number of anilines is 1. The van der Waals surface area contributed by atoms with E-state index in [1.54, 1.807) is 38.6 Å². The van der Waals surface area contributed by atoms with Gasteiger partial charge in [0.25, 0.3) is 5.91 Å². The lowest BCUT2D eigenvalue weighted by molar-refractivity contribution is -0.146. The van der Waals surface area contributed by atoms with E-state index in [1.807, 2.05) is 69.3 Å². The van der Waals surface area contributed by atoms with Crippen molar-refractivity contribution in [2.45, 2.75) is 69.2 Å². The molecule has 0 saturated carbocycles. The fourth-order valence-electron chi connectivity index (χ4n) is 7.82. The monoisotopic (exact) mass is 615 g/mol. The molecule has 44 heavy (non-hydrogen) atoms. The van der Waals surface area contributed by atoms with Crippen molar-refractivity contribution in [2.24, 2.45) is 17.8 Å². The van der Waals surface area contributed by atoms with Crippen LogP contribution in [0.2, 0.25) is 0 Å². The van der Waals surface area contributed by atoms with Crippen LogP contribution in [-0.2, 0) is 20.9 Å². The molecule has 8 heteroatoms. The number of aliphatic hydroxyl groups is 1. The highest BCUT2D eigenvalue weighted by Gasteiger charge is 2.77. The number of aryl methyl sites for hydroxylation is 2. The van der Waals surface area contributed by atoms with E-state index >= 15 is 0 Å². The standard InChI is InChI=1S/C36H45N3O4S/c1-7-17-37(21-26-13-11-10-12-14-26)33(41)30-29-20-25(6)36(44-29)31(30)34(42)39(27(9-3)22-40)32(36)35(43)38(18-8-2)28-19-23(4)15-16-24(28)5/h7-8,10-16,19,25,27,29-32,40H,1-2,9,17-18,20-22H2,3-6H3/t25?,27-,29-,30+,31-,32?,36?/m0/s1. The molecular weight excluding hydrogens is 570 g/mol. The van der Waals surface area contributed by atoms with Gasteiger partial charge in [-0.3, -0.25) is 14.4 Å². The van der Waals surface area contributed by atoms with Crippen LogP contribution in [0.25, 0.3) is 0 Å². The van der Waals surface area contributed by atoms with Crippen molar-refractivity contribution >= 4 is 35.2 Å². The summed E-state index contributed by atoms with van der Waals surface area (Å²) in [5.74, 6) is -1.63. The molecule has 2 aromatic rings. The molecule has 0 aromatic heterocycles. The summed E-state index contributed by atoms with van der Waals surface area (Å²) in [6, 6.07) is 14.5. The SMILES string of the molecule is C=CCN(Cc1ccccc1)C(=O)[C@@H]1[C@@H]2CC(C)C3(S2)C(C(=O)N(CC=C)c2cc(C)ccc2C)N([C@@H](CC)CO)C(=O)[C@H]13. The molecule has 3 unspecified atom stereocenters. The highest BCUT2D eigenvalue weighted by atomic mass is 32.2. The summed E-state index contributed by atoms with van der Waals surface area (Å²) in [4.78, 5) is 49.4. The molecule has 3 heterocycles. The number of nitrogens with zero attached hydrogens (tertiary/aromatic N) is 3. The van der Waals surface area contributed by atoms with E-state index in [-0.39, 0.29) is 42.0 Å². The van der Waals surface area contributed by atoms with Crippen LogP contribution >= 0.6 is 11.8 Å². The number of carbonyl (C=O) groups excluding carboxylic acids is 3. The zero-order valence-electron chi connectivity index (χ0n) is 26.3. The van der Waals surface area contributed by atoms with Gasteiger partial charge < -0.3 is 19.8 Å². The van der Waals surface area contributed by atoms with Gasteiger partial charge in [-0.15, -0.1) is 24.9 Å². The Balaban J connectivity index is 1.60. The van der Waals surface area contributed by atoms with Crippen LogP contribution in [-0.4, -0.2) is 74.4 Å². The Kier molecular flexibility index (Phi) is 9.42. The minimum Gasteiger partial charge on any atom is -0.394 e. The molecule has 7 atom stereocenters. The lowest BCUT2D eigenvalue weighted by Gasteiger charge is -2.42. The summed E-state index contributed by atoms with van der Waals surface area (Å²) in [5, 5.41) is 10.4. The first kappa shape index (κ1) is 32.0. The maximum atomic E-state index is 15.0. The molecule has 5 rings (SSSR count). The summed E-state index contributed by atoms with van der Waals surface area (Å²) in [6.07, 6.45) is 4.68. The van der Waals surface area contributed by atoms with E-state index in [4.69, 9.17) is 0 Å². The van der Waals surface area contributed by atoms with Gasteiger partial charge in [-0.1, -0.05) is 68.5 Å². The predicted octanol–water partition coefficient (Wildman–Crippen LogP) is 5.15. The summed E-state index contributed by atoms with van der Waals surface area (Å²) in [6.45, 7) is 16.7. The van der Waals surface area contributed by atoms with Gasteiger partial charge in [0.15, 0.2) is 0 Å². The van der Waals surface area contributed by atoms with E-state index in [0.29, 0.717) is 19.5 Å². The van der Waals surface area contributed by atoms with E-state index in [0.717, 1.165) is 28.8 Å². The Morgan fingerprint density at radius 3 is 2.45 bits per heavy atom. The number of hydrogen-bond donors (Lipinski definition) is 1. The lowest BCUT2D eigenvalue weighted by atomic mass is 9.65. The first-order valence-corrected chi connectivity index (χ1v) is 16.6. The third-order valence-electron chi connectivity index (χ3n) is 9.89. The number of amides is 3. The number of hydrogen-bond acceptors (Lipinski definition) is 5. The van der Waals surface area contributed by atoms with Crippen LogP contribution in [0.3, 0.4) is 0 Å². The van der Waals surface area contributed by atoms with Gasteiger partial charge in [0, 0.05) is 30.6 Å². The topological polar surface area (TPSA) is 81.2 Å². The van der Waals surface area contributed by atoms with E-state index in [2.05, 4.69) is 20.1 Å². The molecule has 2 bridgehead atoms. The minimum atomic E-state index is -0.818. The first-order valence-electron chi connectivity index (χ1n) is 15.7. The number of likely N-dealkylation sites (tertiary alicyclic amines) is 1. The molecule has 3 amide bonds. The maximum absolute atomic E-state index is 15.0. The fourth-order valence-corrected chi connectivity index (χ4v) is 10.2. The number of rotatable bonds is 12. The van der Waals surface area contributed by atoms with Gasteiger partial charge in [0.05, 0.1) is 29.2 Å². The third kappa shape index (κ3) is 5.20. The summed E-state index contributed by atoms with van der Waals surface area (Å²) >= 11 is 1.67. The molecular formula is C36H45N3O4S. The molecule has 3 aliphatic rings. The van der Waals surface area contributed by atoms with E-state index in [1.165, 1.54) is 0 Å². The molecule has 3 fully saturated rings. The van der Waals surface area contributed by atoms with E-state index in [9.17, 15) is 19.5 Å². The first-order chi connectivity index (χ1) is 21.1. The molecule has 234 valence electrons. The van der Waals surface area contributed by atoms with Crippen molar-refractivity contribution in [2.75, 3.05) is 24.6 Å². The van der Waals surface area contributed by atoms with Gasteiger partial charge in [-0.05, 0) is 55.4 Å². The van der Waals surface area contributed by atoms with Crippen molar-refractivity contribution in [1.29, 1.82) is 0 Å². The summed E-state index contributed by atoms with van der Waals surface area (Å²) < 4.78 is -0.786. The highest BCUT2D eigenvalue weighted by Crippen LogP contribution is 2.69. The van der Waals surface area contributed by atoms with Crippen molar-refractivity contribution in [3.63, 3.8) is 0 Å². The van der Waals surface area contributed by atoms with Gasteiger partial charge in [-0.25, -0.2) is 0 Å². The second-order valence-corrected chi connectivity index (χ2v) is 14.1. The quantitative estimate of drug-likeness (QED) is 0.335. The highest BCUT2D eigenvalue weighted by molar-refractivity contribution is 8.02. The Bertz CT molecular complexity index is 1430. The number of fused-ring (bicyclic) bond motifs is 1. The lowest BCUT2D eigenvalue weighted by Crippen LogP contribution is -2.59.